The summed E-state index contributed by atoms with van der Waals surface area (Å²) in [7, 11) is 0. The Morgan fingerprint density at radius 1 is 1.28 bits per heavy atom. The lowest BCUT2D eigenvalue weighted by molar-refractivity contribution is -0.134. The van der Waals surface area contributed by atoms with Crippen molar-refractivity contribution in [1.29, 1.82) is 0 Å². The van der Waals surface area contributed by atoms with Gasteiger partial charge in [-0.05, 0) is 19.1 Å². The average molecular weight is 359 g/mol. The van der Waals surface area contributed by atoms with Gasteiger partial charge in [0.1, 0.15) is 12.4 Å². The number of hydrogen-bond donors (Lipinski definition) is 1. The minimum atomic E-state index is -0.0650. The Bertz CT molecular complexity index is 759. The number of carbonyl (C=O) groups excluding carboxylic acids is 2. The average Bonchev–Trinajstić information content (AvgIpc) is 3.08. The fourth-order valence-corrected chi connectivity index (χ4v) is 3.32. The number of piperazine rings is 1. The number of rotatable bonds is 5. The number of aryl methyl sites for hydroxylation is 2. The Labute approximate surface area is 150 Å². The Hall–Kier alpha value is -2.35. The maximum Gasteiger partial charge on any atom is 0.246 e. The van der Waals surface area contributed by atoms with Gasteiger partial charge in [0.05, 0.1) is 5.75 Å². The molecule has 0 saturated carbocycles. The number of H-pyrrole nitrogens is 1. The van der Waals surface area contributed by atoms with Gasteiger partial charge in [0.15, 0.2) is 0 Å². The van der Waals surface area contributed by atoms with Crippen LogP contribution in [0.1, 0.15) is 18.3 Å². The van der Waals surface area contributed by atoms with Gasteiger partial charge in [0.25, 0.3) is 0 Å². The molecule has 2 heterocycles. The van der Waals surface area contributed by atoms with Crippen LogP contribution in [-0.4, -0.2) is 57.3 Å². The molecule has 1 aliphatic rings. The second kappa shape index (κ2) is 7.69. The summed E-state index contributed by atoms with van der Waals surface area (Å²) in [5.41, 5.74) is 2.03. The van der Waals surface area contributed by atoms with Gasteiger partial charge < -0.3 is 9.80 Å². The fraction of sp³-hybridized carbons (Fsp3) is 0.412. The molecule has 1 aromatic heterocycles. The molecule has 8 heteroatoms. The zero-order valence-corrected chi connectivity index (χ0v) is 15.2. The number of aromatic nitrogens is 3. The molecule has 1 N–H and O–H groups in total. The lowest BCUT2D eigenvalue weighted by atomic mass is 10.2. The van der Waals surface area contributed by atoms with E-state index in [-0.39, 0.29) is 24.1 Å². The van der Waals surface area contributed by atoms with E-state index in [4.69, 9.17) is 0 Å². The smallest absolute Gasteiger partial charge is 0.246 e. The van der Waals surface area contributed by atoms with E-state index in [1.165, 1.54) is 11.8 Å². The number of nitrogens with one attached hydrogen (secondary N) is 1. The molecule has 2 amide bonds. The highest BCUT2D eigenvalue weighted by molar-refractivity contribution is 7.99. The van der Waals surface area contributed by atoms with E-state index in [0.717, 1.165) is 23.5 Å². The summed E-state index contributed by atoms with van der Waals surface area (Å²) >= 11 is 1.29. The van der Waals surface area contributed by atoms with Crippen LogP contribution in [0.2, 0.25) is 0 Å². The molecule has 0 bridgehead atoms. The van der Waals surface area contributed by atoms with Crippen molar-refractivity contribution in [3.63, 3.8) is 0 Å². The van der Waals surface area contributed by atoms with Crippen molar-refractivity contribution in [2.45, 2.75) is 25.4 Å². The van der Waals surface area contributed by atoms with Gasteiger partial charge in [-0.15, -0.1) is 5.10 Å². The maximum absolute atomic E-state index is 12.4. The summed E-state index contributed by atoms with van der Waals surface area (Å²) in [5, 5.41) is 7.45. The van der Waals surface area contributed by atoms with E-state index in [1.807, 2.05) is 38.1 Å². The van der Waals surface area contributed by atoms with Crippen LogP contribution >= 0.6 is 11.8 Å². The molecule has 0 radical (unpaired) electrons. The van der Waals surface area contributed by atoms with E-state index in [9.17, 15) is 9.59 Å². The third-order valence-electron chi connectivity index (χ3n) is 4.09. The first-order chi connectivity index (χ1) is 12.1. The highest BCUT2D eigenvalue weighted by Crippen LogP contribution is 2.19. The van der Waals surface area contributed by atoms with Crippen LogP contribution in [0.3, 0.4) is 0 Å². The number of thioether (sulfide) groups is 1. The third kappa shape index (κ3) is 4.19. The summed E-state index contributed by atoms with van der Waals surface area (Å²) in [6, 6.07) is 7.85. The zero-order valence-electron chi connectivity index (χ0n) is 14.4. The second-order valence-electron chi connectivity index (χ2n) is 5.90. The highest BCUT2D eigenvalue weighted by Gasteiger charge is 2.28. The van der Waals surface area contributed by atoms with Crippen LogP contribution in [0.15, 0.2) is 29.4 Å². The van der Waals surface area contributed by atoms with E-state index in [1.54, 1.807) is 9.80 Å². The molecule has 2 aromatic rings. The van der Waals surface area contributed by atoms with Crippen molar-refractivity contribution in [3.05, 3.63) is 35.7 Å². The van der Waals surface area contributed by atoms with E-state index >= 15 is 0 Å². The third-order valence-corrected chi connectivity index (χ3v) is 4.92. The molecule has 0 spiro atoms. The van der Waals surface area contributed by atoms with Crippen LogP contribution in [0, 0.1) is 6.92 Å². The predicted molar refractivity (Wildman–Crippen MR) is 96.6 cm³/mol. The number of nitrogens with zero attached hydrogens (tertiary/aromatic N) is 4. The minimum Gasteiger partial charge on any atom is -0.331 e. The number of hydrogen-bond acceptors (Lipinski definition) is 5. The van der Waals surface area contributed by atoms with Crippen molar-refractivity contribution >= 4 is 29.3 Å². The molecule has 3 rings (SSSR count). The van der Waals surface area contributed by atoms with Gasteiger partial charge >= 0.3 is 0 Å². The first kappa shape index (κ1) is 17.5. The quantitative estimate of drug-likeness (QED) is 0.821. The summed E-state index contributed by atoms with van der Waals surface area (Å²) in [6.07, 6.45) is 0.775. The van der Waals surface area contributed by atoms with Crippen LogP contribution in [0.4, 0.5) is 5.69 Å². The fourth-order valence-electron chi connectivity index (χ4n) is 2.60. The van der Waals surface area contributed by atoms with Crippen molar-refractivity contribution in [3.8, 4) is 0 Å². The monoisotopic (exact) mass is 359 g/mol. The normalized spacial score (nSPS) is 14.9. The Kier molecular flexibility index (Phi) is 5.37. The molecular weight excluding hydrogens is 338 g/mol. The van der Waals surface area contributed by atoms with E-state index in [0.29, 0.717) is 18.2 Å². The van der Waals surface area contributed by atoms with Gasteiger partial charge in [-0.2, -0.15) is 0 Å². The Balaban J connectivity index is 1.54. The summed E-state index contributed by atoms with van der Waals surface area (Å²) < 4.78 is 0. The number of anilines is 1. The van der Waals surface area contributed by atoms with Crippen molar-refractivity contribution in [2.75, 3.05) is 30.3 Å². The molecular formula is C17H21N5O2S. The van der Waals surface area contributed by atoms with Crippen LogP contribution in [-0.2, 0) is 16.0 Å². The lowest BCUT2D eigenvalue weighted by Gasteiger charge is -2.34. The van der Waals surface area contributed by atoms with Gasteiger partial charge in [0.2, 0.25) is 17.0 Å². The highest BCUT2D eigenvalue weighted by atomic mass is 32.2. The molecule has 1 aromatic carbocycles. The van der Waals surface area contributed by atoms with Crippen LogP contribution < -0.4 is 4.90 Å². The van der Waals surface area contributed by atoms with E-state index < -0.39 is 0 Å². The molecule has 132 valence electrons. The predicted octanol–water partition coefficient (Wildman–Crippen LogP) is 1.64. The number of benzene rings is 1. The molecule has 0 unspecified atom stereocenters. The molecule has 0 atom stereocenters. The first-order valence-electron chi connectivity index (χ1n) is 8.25. The van der Waals surface area contributed by atoms with Crippen molar-refractivity contribution < 1.29 is 9.59 Å². The largest absolute Gasteiger partial charge is 0.331 e. The Morgan fingerprint density at radius 2 is 2.04 bits per heavy atom. The molecule has 1 saturated heterocycles. The van der Waals surface area contributed by atoms with Crippen LogP contribution in [0.5, 0.6) is 0 Å². The first-order valence-corrected chi connectivity index (χ1v) is 9.24. The SMILES string of the molecule is CCc1nc(SCC(=O)N2CCN(c3ccc(C)cc3)C(=O)C2)n[nH]1. The molecule has 1 aliphatic heterocycles. The standard InChI is InChI=1S/C17H21N5O2S/c1-3-14-18-17(20-19-14)25-11-16(24)21-8-9-22(15(23)10-21)13-6-4-12(2)5-7-13/h4-7H,3,8-11H2,1-2H3,(H,18,19,20). The van der Waals surface area contributed by atoms with Gasteiger partial charge in [-0.1, -0.05) is 36.4 Å². The molecule has 1 fully saturated rings. The number of aromatic amines is 1. The summed E-state index contributed by atoms with van der Waals surface area (Å²) in [6.45, 7) is 5.16. The minimum absolute atomic E-state index is 0.0559. The van der Waals surface area contributed by atoms with Gasteiger partial charge in [0, 0.05) is 25.2 Å². The lowest BCUT2D eigenvalue weighted by Crippen LogP contribution is -2.52. The molecule has 0 aliphatic carbocycles. The zero-order chi connectivity index (χ0) is 17.8. The summed E-state index contributed by atoms with van der Waals surface area (Å²) in [5.74, 6) is 0.917. The van der Waals surface area contributed by atoms with Gasteiger partial charge in [-0.25, -0.2) is 4.98 Å². The number of carbonyl (C=O) groups is 2. The van der Waals surface area contributed by atoms with E-state index in [2.05, 4.69) is 15.2 Å². The summed E-state index contributed by atoms with van der Waals surface area (Å²) in [4.78, 5) is 32.4. The second-order valence-corrected chi connectivity index (χ2v) is 6.85. The Morgan fingerprint density at radius 3 is 2.68 bits per heavy atom. The topological polar surface area (TPSA) is 82.2 Å². The number of amides is 2. The maximum atomic E-state index is 12.4. The van der Waals surface area contributed by atoms with Crippen molar-refractivity contribution in [1.82, 2.24) is 20.1 Å². The van der Waals surface area contributed by atoms with Gasteiger partial charge in [-0.3, -0.25) is 14.7 Å². The van der Waals surface area contributed by atoms with Crippen LogP contribution in [0.25, 0.3) is 0 Å². The van der Waals surface area contributed by atoms with Crippen molar-refractivity contribution in [2.24, 2.45) is 0 Å². The molecule has 25 heavy (non-hydrogen) atoms. The molecule has 7 nitrogen and oxygen atoms in total.